The van der Waals surface area contributed by atoms with Crippen molar-refractivity contribution in [2.24, 2.45) is 0 Å². The maximum atomic E-state index is 12.2. The minimum absolute atomic E-state index is 0.375. The highest BCUT2D eigenvalue weighted by atomic mass is 16.7. The monoisotopic (exact) mass is 662 g/mol. The Balaban J connectivity index is 2.69. The number of rotatable bonds is 11. The first-order valence-electron chi connectivity index (χ1n) is 14.0. The van der Waals surface area contributed by atoms with E-state index < -0.39 is 116 Å². The summed E-state index contributed by atoms with van der Waals surface area (Å²) in [5.74, 6) is -6.85. The van der Waals surface area contributed by atoms with E-state index in [1.807, 2.05) is 0 Å². The molecule has 0 N–H and O–H groups in total. The predicted octanol–water partition coefficient (Wildman–Crippen LogP) is -0.415. The molecule has 1 saturated heterocycles. The maximum Gasteiger partial charge on any atom is 0.303 e. The molecule has 10 unspecified atom stereocenters. The third-order valence-electron chi connectivity index (χ3n) is 6.33. The van der Waals surface area contributed by atoms with Crippen LogP contribution in [0.5, 0.6) is 0 Å². The van der Waals surface area contributed by atoms with E-state index in [-0.39, 0.29) is 6.42 Å². The minimum atomic E-state index is -1.75. The quantitative estimate of drug-likeness (QED) is 0.202. The lowest BCUT2D eigenvalue weighted by Crippen LogP contribution is -2.66. The molecule has 0 spiro atoms. The first-order valence-corrected chi connectivity index (χ1v) is 14.0. The van der Waals surface area contributed by atoms with Gasteiger partial charge < -0.3 is 47.4 Å². The topological polar surface area (TPSA) is 229 Å². The molecule has 1 aliphatic carbocycles. The fraction of sp³-hybridized carbons (Fsp3) is 0.714. The second kappa shape index (κ2) is 16.8. The van der Waals surface area contributed by atoms with E-state index >= 15 is 0 Å². The van der Waals surface area contributed by atoms with Crippen LogP contribution >= 0.6 is 0 Å². The molecule has 1 aliphatic heterocycles. The molecule has 0 radical (unpaired) electrons. The Bertz CT molecular complexity index is 1180. The van der Waals surface area contributed by atoms with E-state index in [2.05, 4.69) is 0 Å². The van der Waals surface area contributed by atoms with Crippen molar-refractivity contribution in [2.45, 2.75) is 123 Å². The Morgan fingerprint density at radius 1 is 0.457 bits per heavy atom. The maximum absolute atomic E-state index is 12.2. The molecule has 46 heavy (non-hydrogen) atoms. The van der Waals surface area contributed by atoms with E-state index in [0.717, 1.165) is 55.4 Å². The molecule has 0 amide bonds. The lowest BCUT2D eigenvalue weighted by molar-refractivity contribution is -0.331. The zero-order valence-electron chi connectivity index (χ0n) is 26.5. The van der Waals surface area contributed by atoms with Crippen LogP contribution in [0.1, 0.15) is 61.8 Å². The summed E-state index contributed by atoms with van der Waals surface area (Å²) in [5, 5.41) is 0. The number of esters is 8. The van der Waals surface area contributed by atoms with Crippen LogP contribution in [0.25, 0.3) is 0 Å². The highest BCUT2D eigenvalue weighted by Gasteiger charge is 2.57. The van der Waals surface area contributed by atoms with Crippen molar-refractivity contribution in [1.82, 2.24) is 0 Å². The summed E-state index contributed by atoms with van der Waals surface area (Å²) in [4.78, 5) is 96.5. The van der Waals surface area contributed by atoms with Gasteiger partial charge in [0, 0.05) is 61.8 Å². The molecule has 0 aromatic heterocycles. The van der Waals surface area contributed by atoms with Crippen LogP contribution in [0.3, 0.4) is 0 Å². The van der Waals surface area contributed by atoms with Gasteiger partial charge in [0.2, 0.25) is 0 Å². The van der Waals surface area contributed by atoms with Gasteiger partial charge in [-0.2, -0.15) is 0 Å². The van der Waals surface area contributed by atoms with Crippen molar-refractivity contribution >= 4 is 47.8 Å². The molecule has 1 heterocycles. The molecule has 10 atom stereocenters. The highest BCUT2D eigenvalue weighted by molar-refractivity contribution is 5.70. The minimum Gasteiger partial charge on any atom is -0.463 e. The van der Waals surface area contributed by atoms with Crippen LogP contribution in [-0.2, 0) is 85.7 Å². The van der Waals surface area contributed by atoms with Crippen LogP contribution in [-0.4, -0.2) is 116 Å². The summed E-state index contributed by atoms with van der Waals surface area (Å²) in [6.45, 7) is 7.82. The van der Waals surface area contributed by atoms with E-state index in [1.54, 1.807) is 0 Å². The van der Waals surface area contributed by atoms with E-state index in [0.29, 0.717) is 0 Å². The van der Waals surface area contributed by atoms with Gasteiger partial charge in [0.05, 0.1) is 0 Å². The summed E-state index contributed by atoms with van der Waals surface area (Å²) in [6.07, 6.45) is -15.6. The SMILES string of the molecule is CC(=O)OCC1OC(OC2CC(OC(C)=O)C(OC(C)=O)C(OC(C)=O)C2OC(C)=O)C(OC(C)=O)C(OC(C)=O)C1OC(C)=O. The van der Waals surface area contributed by atoms with Crippen LogP contribution in [0.4, 0.5) is 0 Å². The van der Waals surface area contributed by atoms with Gasteiger partial charge in [-0.05, 0) is 0 Å². The van der Waals surface area contributed by atoms with Gasteiger partial charge in [0.25, 0.3) is 0 Å². The summed E-state index contributed by atoms with van der Waals surface area (Å²) >= 11 is 0. The molecule has 0 bridgehead atoms. The van der Waals surface area contributed by atoms with Crippen molar-refractivity contribution in [3.8, 4) is 0 Å². The zero-order valence-corrected chi connectivity index (χ0v) is 26.5. The Kier molecular flexibility index (Phi) is 13.9. The largest absolute Gasteiger partial charge is 0.463 e. The fourth-order valence-electron chi connectivity index (χ4n) is 5.03. The number of ether oxygens (including phenoxy) is 10. The third kappa shape index (κ3) is 11.2. The molecular formula is C28H38O18. The molecule has 2 rings (SSSR count). The van der Waals surface area contributed by atoms with Gasteiger partial charge in [-0.3, -0.25) is 38.4 Å². The van der Waals surface area contributed by atoms with Crippen LogP contribution < -0.4 is 0 Å². The standard InChI is InChI=1S/C28H38O18/c1-11(29)37-10-21-24(41-15(5)33)26(43-17(7)35)27(44-18(8)36)28(46-21)45-20-9-19(38-12(2)30)22(39-13(3)31)25(42-16(6)34)23(20)40-14(4)32/h19-28H,9-10H2,1-8H3. The van der Waals surface area contributed by atoms with Gasteiger partial charge in [-0.25, -0.2) is 0 Å². The van der Waals surface area contributed by atoms with Crippen molar-refractivity contribution in [2.75, 3.05) is 6.61 Å². The van der Waals surface area contributed by atoms with Crippen molar-refractivity contribution in [3.63, 3.8) is 0 Å². The van der Waals surface area contributed by atoms with Crippen molar-refractivity contribution < 1.29 is 85.7 Å². The molecule has 1 saturated carbocycles. The summed E-state index contributed by atoms with van der Waals surface area (Å²) in [7, 11) is 0. The Labute approximate surface area is 263 Å². The summed E-state index contributed by atoms with van der Waals surface area (Å²) < 4.78 is 54.9. The highest BCUT2D eigenvalue weighted by Crippen LogP contribution is 2.36. The van der Waals surface area contributed by atoms with Crippen LogP contribution in [0.2, 0.25) is 0 Å². The van der Waals surface area contributed by atoms with Gasteiger partial charge >= 0.3 is 47.8 Å². The molecule has 0 aromatic rings. The third-order valence-corrected chi connectivity index (χ3v) is 6.33. The second-order valence-electron chi connectivity index (χ2n) is 10.3. The number of hydrogen-bond acceptors (Lipinski definition) is 18. The van der Waals surface area contributed by atoms with Crippen LogP contribution in [0.15, 0.2) is 0 Å². The van der Waals surface area contributed by atoms with Gasteiger partial charge in [0.1, 0.15) is 24.9 Å². The molecule has 18 nitrogen and oxygen atoms in total. The van der Waals surface area contributed by atoms with E-state index in [9.17, 15) is 38.4 Å². The Morgan fingerprint density at radius 3 is 1.26 bits per heavy atom. The smallest absolute Gasteiger partial charge is 0.303 e. The average Bonchev–Trinajstić information content (AvgIpc) is 2.88. The van der Waals surface area contributed by atoms with Crippen molar-refractivity contribution in [3.05, 3.63) is 0 Å². The summed E-state index contributed by atoms with van der Waals surface area (Å²) in [6, 6.07) is 0. The van der Waals surface area contributed by atoms with Gasteiger partial charge in [-0.15, -0.1) is 0 Å². The zero-order chi connectivity index (χ0) is 34.9. The average molecular weight is 663 g/mol. The summed E-state index contributed by atoms with van der Waals surface area (Å²) in [5.41, 5.74) is 0. The van der Waals surface area contributed by atoms with E-state index in [4.69, 9.17) is 47.4 Å². The Hall–Kier alpha value is -4.32. The first-order chi connectivity index (χ1) is 21.4. The van der Waals surface area contributed by atoms with E-state index in [1.165, 1.54) is 0 Å². The molecule has 0 aromatic carbocycles. The molecule has 2 fully saturated rings. The van der Waals surface area contributed by atoms with Crippen LogP contribution in [0, 0.1) is 0 Å². The first kappa shape index (κ1) is 37.9. The lowest BCUT2D eigenvalue weighted by atomic mass is 9.86. The number of carbonyl (C=O) groups is 8. The predicted molar refractivity (Wildman–Crippen MR) is 144 cm³/mol. The molecule has 258 valence electrons. The molecule has 18 heteroatoms. The normalized spacial score (nSPS) is 30.4. The molecular weight excluding hydrogens is 624 g/mol. The van der Waals surface area contributed by atoms with Crippen molar-refractivity contribution in [1.29, 1.82) is 0 Å². The number of carbonyl (C=O) groups excluding carboxylic acids is 8. The molecule has 2 aliphatic rings. The lowest BCUT2D eigenvalue weighted by Gasteiger charge is -2.48. The fourth-order valence-corrected chi connectivity index (χ4v) is 5.03. The second-order valence-corrected chi connectivity index (χ2v) is 10.3. The van der Waals surface area contributed by atoms with Gasteiger partial charge in [0.15, 0.2) is 42.9 Å². The number of hydrogen-bond donors (Lipinski definition) is 0. The van der Waals surface area contributed by atoms with Gasteiger partial charge in [-0.1, -0.05) is 0 Å². The Morgan fingerprint density at radius 2 is 0.826 bits per heavy atom.